The summed E-state index contributed by atoms with van der Waals surface area (Å²) in [5.41, 5.74) is -0.0795. The molecule has 0 bridgehead atoms. The average molecular weight is 469 g/mol. The number of halogens is 1. The Morgan fingerprint density at radius 1 is 1.36 bits per heavy atom. The normalized spacial score (nSPS) is 34.2. The van der Waals surface area contributed by atoms with Gasteiger partial charge in [-0.15, -0.1) is 24.0 Å². The first-order valence-electron chi connectivity index (χ1n) is 9.11. The second kappa shape index (κ2) is 9.19. The molecule has 0 aromatic heterocycles. The lowest BCUT2D eigenvalue weighted by molar-refractivity contribution is -0.176. The van der Waals surface area contributed by atoms with E-state index in [1.54, 1.807) is 7.11 Å². The highest BCUT2D eigenvalue weighted by molar-refractivity contribution is 14.0. The summed E-state index contributed by atoms with van der Waals surface area (Å²) < 4.78 is 11.3. The number of nitrogens with zero attached hydrogens (tertiary/aromatic N) is 1. The molecule has 7 heteroatoms. The lowest BCUT2D eigenvalue weighted by atomic mass is 9.56. The predicted octanol–water partition coefficient (Wildman–Crippen LogP) is 2.15. The van der Waals surface area contributed by atoms with Crippen molar-refractivity contribution in [3.63, 3.8) is 0 Å². The van der Waals surface area contributed by atoms with Crippen molar-refractivity contribution in [2.24, 2.45) is 15.8 Å². The van der Waals surface area contributed by atoms with E-state index in [1.165, 1.54) is 0 Å². The predicted molar refractivity (Wildman–Crippen MR) is 112 cm³/mol. The van der Waals surface area contributed by atoms with Gasteiger partial charge in [0, 0.05) is 43.7 Å². The van der Waals surface area contributed by atoms with Crippen molar-refractivity contribution in [2.45, 2.75) is 58.6 Å². The fourth-order valence-electron chi connectivity index (χ4n) is 3.74. The van der Waals surface area contributed by atoms with Crippen LogP contribution in [0.1, 0.15) is 47.0 Å². The maximum absolute atomic E-state index is 9.36. The molecular formula is C18H36IN3O3. The van der Waals surface area contributed by atoms with Crippen molar-refractivity contribution in [1.29, 1.82) is 0 Å². The molecule has 2 rings (SSSR count). The Labute approximate surface area is 169 Å². The van der Waals surface area contributed by atoms with Crippen LogP contribution < -0.4 is 10.6 Å². The zero-order valence-corrected chi connectivity index (χ0v) is 18.7. The number of methoxy groups -OCH3 is 1. The molecule has 0 aromatic carbocycles. The SMILES string of the molecule is CCNC(=NCC1(CCO)CCOC1)NC1CC(C)(OC)C1(C)C.I. The van der Waals surface area contributed by atoms with Gasteiger partial charge in [-0.25, -0.2) is 0 Å². The molecule has 1 saturated heterocycles. The van der Waals surface area contributed by atoms with Crippen LogP contribution in [0.3, 0.4) is 0 Å². The molecular weight excluding hydrogens is 433 g/mol. The lowest BCUT2D eigenvalue weighted by Gasteiger charge is -2.59. The maximum Gasteiger partial charge on any atom is 0.191 e. The summed E-state index contributed by atoms with van der Waals surface area (Å²) in [6.07, 6.45) is 2.67. The maximum atomic E-state index is 9.36. The van der Waals surface area contributed by atoms with Crippen LogP contribution in [0.15, 0.2) is 4.99 Å². The number of aliphatic hydroxyl groups excluding tert-OH is 1. The van der Waals surface area contributed by atoms with Crippen molar-refractivity contribution < 1.29 is 14.6 Å². The van der Waals surface area contributed by atoms with E-state index in [0.717, 1.165) is 38.4 Å². The van der Waals surface area contributed by atoms with Crippen LogP contribution in [0, 0.1) is 10.8 Å². The molecule has 1 aliphatic heterocycles. The van der Waals surface area contributed by atoms with Crippen molar-refractivity contribution in [1.82, 2.24) is 10.6 Å². The first-order chi connectivity index (χ1) is 11.3. The quantitative estimate of drug-likeness (QED) is 0.303. The van der Waals surface area contributed by atoms with Gasteiger partial charge in [-0.05, 0) is 33.1 Å². The third-order valence-electron chi connectivity index (χ3n) is 6.33. The summed E-state index contributed by atoms with van der Waals surface area (Å²) in [7, 11) is 1.79. The number of aliphatic hydroxyl groups is 1. The van der Waals surface area contributed by atoms with Crippen LogP contribution in [0.25, 0.3) is 0 Å². The van der Waals surface area contributed by atoms with Crippen molar-refractivity contribution in [3.8, 4) is 0 Å². The van der Waals surface area contributed by atoms with E-state index < -0.39 is 0 Å². The van der Waals surface area contributed by atoms with Crippen LogP contribution in [0.5, 0.6) is 0 Å². The number of hydrogen-bond donors (Lipinski definition) is 3. The van der Waals surface area contributed by atoms with Gasteiger partial charge in [-0.3, -0.25) is 4.99 Å². The van der Waals surface area contributed by atoms with Crippen molar-refractivity contribution in [3.05, 3.63) is 0 Å². The Bertz CT molecular complexity index is 453. The molecule has 2 aliphatic rings. The van der Waals surface area contributed by atoms with Gasteiger partial charge in [-0.1, -0.05) is 13.8 Å². The van der Waals surface area contributed by atoms with Crippen LogP contribution in [0.4, 0.5) is 0 Å². The highest BCUT2D eigenvalue weighted by Gasteiger charge is 2.58. The summed E-state index contributed by atoms with van der Waals surface area (Å²) in [6, 6.07) is 0.328. The van der Waals surface area contributed by atoms with Gasteiger partial charge in [-0.2, -0.15) is 0 Å². The second-order valence-corrected chi connectivity index (χ2v) is 8.03. The van der Waals surface area contributed by atoms with Gasteiger partial charge in [0.2, 0.25) is 0 Å². The third-order valence-corrected chi connectivity index (χ3v) is 6.33. The molecule has 6 nitrogen and oxygen atoms in total. The Morgan fingerprint density at radius 3 is 2.56 bits per heavy atom. The molecule has 3 N–H and O–H groups in total. The van der Waals surface area contributed by atoms with E-state index in [-0.39, 0.29) is 47.0 Å². The molecule has 1 saturated carbocycles. The largest absolute Gasteiger partial charge is 0.396 e. The molecule has 0 radical (unpaired) electrons. The fraction of sp³-hybridized carbons (Fsp3) is 0.944. The zero-order valence-electron chi connectivity index (χ0n) is 16.4. The van der Waals surface area contributed by atoms with E-state index in [2.05, 4.69) is 38.3 Å². The molecule has 0 spiro atoms. The smallest absolute Gasteiger partial charge is 0.191 e. The first-order valence-corrected chi connectivity index (χ1v) is 9.11. The van der Waals surface area contributed by atoms with Gasteiger partial charge >= 0.3 is 0 Å². The Hall–Kier alpha value is -0.120. The standard InChI is InChI=1S/C18H35N3O3.HI/c1-6-19-15(20-12-18(7-9-22)8-10-24-13-18)21-14-11-17(4,23-5)16(14,2)3;/h14,22H,6-13H2,1-5H3,(H2,19,20,21);1H. The van der Waals surface area contributed by atoms with Crippen LogP contribution in [-0.4, -0.2) is 62.7 Å². The molecule has 0 aromatic rings. The minimum atomic E-state index is -0.0978. The molecule has 148 valence electrons. The molecule has 0 amide bonds. The minimum Gasteiger partial charge on any atom is -0.396 e. The van der Waals surface area contributed by atoms with E-state index in [0.29, 0.717) is 19.2 Å². The summed E-state index contributed by atoms with van der Waals surface area (Å²) in [4.78, 5) is 4.81. The number of hydrogen-bond acceptors (Lipinski definition) is 4. The van der Waals surface area contributed by atoms with E-state index >= 15 is 0 Å². The monoisotopic (exact) mass is 469 g/mol. The fourth-order valence-corrected chi connectivity index (χ4v) is 3.74. The summed E-state index contributed by atoms with van der Waals surface area (Å²) >= 11 is 0. The molecule has 3 atom stereocenters. The number of nitrogens with one attached hydrogen (secondary N) is 2. The summed E-state index contributed by atoms with van der Waals surface area (Å²) in [6.45, 7) is 11.9. The van der Waals surface area contributed by atoms with Gasteiger partial charge in [0.25, 0.3) is 0 Å². The van der Waals surface area contributed by atoms with Crippen LogP contribution in [0.2, 0.25) is 0 Å². The number of ether oxygens (including phenoxy) is 2. The summed E-state index contributed by atoms with van der Waals surface area (Å²) in [5, 5.41) is 16.3. The van der Waals surface area contributed by atoms with E-state index in [9.17, 15) is 5.11 Å². The highest BCUT2D eigenvalue weighted by Crippen LogP contribution is 2.51. The second-order valence-electron chi connectivity index (χ2n) is 8.03. The van der Waals surface area contributed by atoms with Crippen LogP contribution >= 0.6 is 24.0 Å². The molecule has 1 aliphatic carbocycles. The van der Waals surface area contributed by atoms with Crippen LogP contribution in [-0.2, 0) is 9.47 Å². The molecule has 3 unspecified atom stereocenters. The molecule has 2 fully saturated rings. The number of aliphatic imine (C=N–C) groups is 1. The van der Waals surface area contributed by atoms with Gasteiger partial charge < -0.3 is 25.2 Å². The Kier molecular flexibility index (Phi) is 8.43. The minimum absolute atomic E-state index is 0. The Balaban J connectivity index is 0.00000312. The molecule has 25 heavy (non-hydrogen) atoms. The van der Waals surface area contributed by atoms with Gasteiger partial charge in [0.15, 0.2) is 5.96 Å². The number of rotatable bonds is 7. The third kappa shape index (κ3) is 4.78. The lowest BCUT2D eigenvalue weighted by Crippen LogP contribution is -2.69. The number of guanidine groups is 1. The van der Waals surface area contributed by atoms with Crippen molar-refractivity contribution >= 4 is 29.9 Å². The van der Waals surface area contributed by atoms with Gasteiger partial charge in [0.1, 0.15) is 0 Å². The van der Waals surface area contributed by atoms with Crippen molar-refractivity contribution in [2.75, 3.05) is 40.0 Å². The van der Waals surface area contributed by atoms with E-state index in [1.807, 2.05) is 0 Å². The summed E-state index contributed by atoms with van der Waals surface area (Å²) in [5.74, 6) is 0.845. The van der Waals surface area contributed by atoms with Gasteiger partial charge in [0.05, 0.1) is 18.8 Å². The Morgan fingerprint density at radius 2 is 2.08 bits per heavy atom. The first kappa shape index (κ1) is 22.9. The highest BCUT2D eigenvalue weighted by atomic mass is 127. The topological polar surface area (TPSA) is 75.1 Å². The zero-order chi connectivity index (χ0) is 17.8. The average Bonchev–Trinajstić information content (AvgIpc) is 3.01. The van der Waals surface area contributed by atoms with E-state index in [4.69, 9.17) is 14.5 Å². The molecule has 1 heterocycles.